The molecule has 0 aliphatic carbocycles. The summed E-state index contributed by atoms with van der Waals surface area (Å²) in [6, 6.07) is -0.564. The van der Waals surface area contributed by atoms with E-state index in [1.165, 1.54) is 5.38 Å². The highest BCUT2D eigenvalue weighted by Gasteiger charge is 2.18. The van der Waals surface area contributed by atoms with E-state index < -0.39 is 23.7 Å². The first-order valence-corrected chi connectivity index (χ1v) is 6.48. The van der Waals surface area contributed by atoms with Gasteiger partial charge in [0.1, 0.15) is 10.6 Å². The van der Waals surface area contributed by atoms with Gasteiger partial charge in [-0.2, -0.15) is 0 Å². The summed E-state index contributed by atoms with van der Waals surface area (Å²) in [7, 11) is 0. The van der Waals surface area contributed by atoms with Crippen molar-refractivity contribution in [2.24, 2.45) is 5.73 Å². The molecule has 0 saturated carbocycles. The number of nitrogens with two attached hydrogens (primary N) is 1. The van der Waals surface area contributed by atoms with Crippen molar-refractivity contribution in [2.75, 3.05) is 6.54 Å². The second kappa shape index (κ2) is 5.98. The van der Waals surface area contributed by atoms with Crippen LogP contribution in [0, 0.1) is 0 Å². The summed E-state index contributed by atoms with van der Waals surface area (Å²) in [5.41, 5.74) is 5.18. The zero-order valence-corrected chi connectivity index (χ0v) is 11.8. The summed E-state index contributed by atoms with van der Waals surface area (Å²) in [4.78, 5) is 25.9. The number of aromatic carboxylic acids is 1. The summed E-state index contributed by atoms with van der Waals surface area (Å²) >= 11 is 1.14. The summed E-state index contributed by atoms with van der Waals surface area (Å²) in [6.45, 7) is 5.40. The van der Waals surface area contributed by atoms with Crippen molar-refractivity contribution in [3.8, 4) is 0 Å². The van der Waals surface area contributed by atoms with Crippen LogP contribution in [-0.4, -0.2) is 34.3 Å². The Balaban J connectivity index is 2.48. The van der Waals surface area contributed by atoms with E-state index in [1.54, 1.807) is 20.8 Å². The third kappa shape index (κ3) is 5.23. The van der Waals surface area contributed by atoms with Gasteiger partial charge in [-0.05, 0) is 20.8 Å². The van der Waals surface area contributed by atoms with E-state index in [-0.39, 0.29) is 12.2 Å². The van der Waals surface area contributed by atoms with Crippen molar-refractivity contribution in [3.63, 3.8) is 0 Å². The molecule has 8 heteroatoms. The monoisotopic (exact) mass is 287 g/mol. The highest BCUT2D eigenvalue weighted by Crippen LogP contribution is 2.16. The average Bonchev–Trinajstić information content (AvgIpc) is 2.72. The van der Waals surface area contributed by atoms with Crippen LogP contribution in [-0.2, 0) is 4.74 Å². The molecule has 0 aliphatic rings. The van der Waals surface area contributed by atoms with Gasteiger partial charge >= 0.3 is 12.1 Å². The second-order valence-electron chi connectivity index (χ2n) is 4.87. The van der Waals surface area contributed by atoms with Gasteiger partial charge in [-0.25, -0.2) is 14.6 Å². The van der Waals surface area contributed by atoms with Crippen molar-refractivity contribution in [1.29, 1.82) is 0 Å². The molecule has 0 aromatic carbocycles. The van der Waals surface area contributed by atoms with Crippen molar-refractivity contribution in [2.45, 2.75) is 32.4 Å². The molecule has 1 aromatic heterocycles. The van der Waals surface area contributed by atoms with Crippen molar-refractivity contribution < 1.29 is 19.4 Å². The van der Waals surface area contributed by atoms with Gasteiger partial charge in [0.2, 0.25) is 0 Å². The number of alkyl carbamates (subject to hydrolysis) is 1. The SMILES string of the molecule is CC(C)(C)OC(=O)NCC(N)c1nc(C(=O)O)cs1. The Labute approximate surface area is 114 Å². The van der Waals surface area contributed by atoms with Crippen LogP contribution in [0.3, 0.4) is 0 Å². The predicted octanol–water partition coefficient (Wildman–Crippen LogP) is 1.37. The molecule has 106 valence electrons. The molecule has 19 heavy (non-hydrogen) atoms. The Morgan fingerprint density at radius 1 is 1.58 bits per heavy atom. The molecule has 1 heterocycles. The maximum absolute atomic E-state index is 11.4. The summed E-state index contributed by atoms with van der Waals surface area (Å²) in [5.74, 6) is -1.10. The topological polar surface area (TPSA) is 115 Å². The Bertz CT molecular complexity index is 467. The van der Waals surface area contributed by atoms with Crippen LogP contribution in [0.2, 0.25) is 0 Å². The molecule has 0 radical (unpaired) electrons. The number of carbonyl (C=O) groups excluding carboxylic acids is 1. The number of ether oxygens (including phenoxy) is 1. The Hall–Kier alpha value is -1.67. The van der Waals surface area contributed by atoms with Gasteiger partial charge < -0.3 is 20.9 Å². The third-order valence-corrected chi connectivity index (χ3v) is 2.90. The van der Waals surface area contributed by atoms with E-state index in [4.69, 9.17) is 15.6 Å². The molecule has 0 spiro atoms. The molecule has 0 saturated heterocycles. The lowest BCUT2D eigenvalue weighted by Crippen LogP contribution is -2.36. The van der Waals surface area contributed by atoms with Crippen LogP contribution in [0.25, 0.3) is 0 Å². The van der Waals surface area contributed by atoms with Gasteiger partial charge in [0.05, 0.1) is 6.04 Å². The maximum Gasteiger partial charge on any atom is 0.407 e. The molecular formula is C11H17N3O4S. The summed E-state index contributed by atoms with van der Waals surface area (Å²) in [6.07, 6.45) is -0.571. The van der Waals surface area contributed by atoms with Gasteiger partial charge in [-0.15, -0.1) is 11.3 Å². The van der Waals surface area contributed by atoms with E-state index in [0.717, 1.165) is 11.3 Å². The van der Waals surface area contributed by atoms with E-state index in [2.05, 4.69) is 10.3 Å². The maximum atomic E-state index is 11.4. The first kappa shape index (κ1) is 15.4. The van der Waals surface area contributed by atoms with Gasteiger partial charge in [-0.1, -0.05) is 0 Å². The first-order valence-electron chi connectivity index (χ1n) is 5.60. The molecule has 4 N–H and O–H groups in total. The molecule has 1 rings (SSSR count). The smallest absolute Gasteiger partial charge is 0.407 e. The number of thiazole rings is 1. The number of hydrogen-bond donors (Lipinski definition) is 3. The fourth-order valence-electron chi connectivity index (χ4n) is 1.15. The highest BCUT2D eigenvalue weighted by atomic mass is 32.1. The number of amides is 1. The van der Waals surface area contributed by atoms with Gasteiger partial charge in [0.15, 0.2) is 5.69 Å². The van der Waals surface area contributed by atoms with E-state index in [9.17, 15) is 9.59 Å². The van der Waals surface area contributed by atoms with E-state index in [0.29, 0.717) is 5.01 Å². The number of carboxylic acids is 1. The fraction of sp³-hybridized carbons (Fsp3) is 0.545. The van der Waals surface area contributed by atoms with Crippen LogP contribution in [0.15, 0.2) is 5.38 Å². The lowest BCUT2D eigenvalue weighted by Gasteiger charge is -2.20. The number of nitrogens with one attached hydrogen (secondary N) is 1. The lowest BCUT2D eigenvalue weighted by atomic mass is 10.2. The van der Waals surface area contributed by atoms with Crippen LogP contribution in [0.5, 0.6) is 0 Å². The third-order valence-electron chi connectivity index (χ3n) is 1.92. The summed E-state index contributed by atoms with van der Waals surface area (Å²) in [5, 5.41) is 13.1. The van der Waals surface area contributed by atoms with Crippen LogP contribution < -0.4 is 11.1 Å². The van der Waals surface area contributed by atoms with Crippen LogP contribution >= 0.6 is 11.3 Å². The van der Waals surface area contributed by atoms with Gasteiger partial charge in [0.25, 0.3) is 0 Å². The van der Waals surface area contributed by atoms with Crippen LogP contribution in [0.4, 0.5) is 4.79 Å². The molecule has 0 aliphatic heterocycles. The zero-order valence-electron chi connectivity index (χ0n) is 11.0. The zero-order chi connectivity index (χ0) is 14.6. The number of nitrogens with zero attached hydrogens (tertiary/aromatic N) is 1. The standard InChI is InChI=1S/C11H17N3O4S/c1-11(2,3)18-10(17)13-4-6(12)8-14-7(5-19-8)9(15)16/h5-6H,4,12H2,1-3H3,(H,13,17)(H,15,16). The van der Waals surface area contributed by atoms with Crippen molar-refractivity contribution in [1.82, 2.24) is 10.3 Å². The minimum Gasteiger partial charge on any atom is -0.476 e. The Kier molecular flexibility index (Phi) is 4.84. The summed E-state index contributed by atoms with van der Waals surface area (Å²) < 4.78 is 5.05. The van der Waals surface area contributed by atoms with Gasteiger partial charge in [-0.3, -0.25) is 0 Å². The number of carboxylic acid groups (broad SMARTS) is 1. The quantitative estimate of drug-likeness (QED) is 0.770. The Morgan fingerprint density at radius 2 is 2.21 bits per heavy atom. The molecular weight excluding hydrogens is 270 g/mol. The normalized spacial score (nSPS) is 12.8. The largest absolute Gasteiger partial charge is 0.476 e. The molecule has 1 atom stereocenters. The minimum absolute atomic E-state index is 0.0484. The van der Waals surface area contributed by atoms with E-state index in [1.807, 2.05) is 0 Å². The van der Waals surface area contributed by atoms with Crippen molar-refractivity contribution >= 4 is 23.4 Å². The molecule has 1 amide bonds. The molecule has 1 aromatic rings. The van der Waals surface area contributed by atoms with Gasteiger partial charge in [0, 0.05) is 11.9 Å². The number of rotatable bonds is 4. The highest BCUT2D eigenvalue weighted by molar-refractivity contribution is 7.09. The van der Waals surface area contributed by atoms with E-state index >= 15 is 0 Å². The molecule has 7 nitrogen and oxygen atoms in total. The first-order chi connectivity index (χ1) is 8.69. The Morgan fingerprint density at radius 3 is 2.68 bits per heavy atom. The number of aromatic nitrogens is 1. The average molecular weight is 287 g/mol. The number of carbonyl (C=O) groups is 2. The van der Waals surface area contributed by atoms with Crippen LogP contribution in [0.1, 0.15) is 42.3 Å². The van der Waals surface area contributed by atoms with Crippen molar-refractivity contribution in [3.05, 3.63) is 16.1 Å². The molecule has 1 unspecified atom stereocenters. The fourth-order valence-corrected chi connectivity index (χ4v) is 1.95. The molecule has 0 fully saturated rings. The number of hydrogen-bond acceptors (Lipinski definition) is 6. The molecule has 0 bridgehead atoms. The predicted molar refractivity (Wildman–Crippen MR) is 70.2 cm³/mol. The minimum atomic E-state index is -1.10. The second-order valence-corrected chi connectivity index (χ2v) is 5.76. The lowest BCUT2D eigenvalue weighted by molar-refractivity contribution is 0.0523.